The quantitative estimate of drug-likeness (QED) is 0.0950. The molecule has 0 atom stereocenters. The molecule has 0 fully saturated rings. The Hall–Kier alpha value is -5.68. The molecule has 7 rings (SSSR count). The molecule has 0 bridgehead atoms. The highest BCUT2D eigenvalue weighted by Crippen LogP contribution is 2.30. The molecule has 0 aliphatic carbocycles. The molecule has 11 nitrogen and oxygen atoms in total. The van der Waals surface area contributed by atoms with Crippen LogP contribution in [0.5, 0.6) is 5.75 Å². The van der Waals surface area contributed by atoms with E-state index in [1.807, 2.05) is 54.6 Å². The summed E-state index contributed by atoms with van der Waals surface area (Å²) < 4.78 is 60.3. The summed E-state index contributed by atoms with van der Waals surface area (Å²) in [6.45, 7) is 0. The molecule has 0 aliphatic rings. The second-order valence-electron chi connectivity index (χ2n) is 12.0. The Morgan fingerprint density at radius 1 is 0.534 bits per heavy atom. The van der Waals surface area contributed by atoms with Crippen molar-refractivity contribution in [1.29, 1.82) is 0 Å². The first kappa shape index (κ1) is 41.9. The fraction of sp³-hybridized carbons (Fsp3) is 0.0244. The molecule has 0 spiro atoms. The zero-order valence-electron chi connectivity index (χ0n) is 30.2. The molecule has 0 unspecified atom stereocenters. The van der Waals surface area contributed by atoms with Gasteiger partial charge in [-0.15, -0.1) is 22.7 Å². The molecule has 2 aromatic heterocycles. The fourth-order valence-electron chi connectivity index (χ4n) is 5.22. The number of thiophene rings is 2. The van der Waals surface area contributed by atoms with Crippen LogP contribution in [0.4, 0.5) is 22.7 Å². The maximum absolute atomic E-state index is 12.7. The number of sulfonamides is 2. The number of rotatable bonds is 12. The molecular formula is C41H32Cl2N4O7S4. The standard InChI is InChI=1S/C23H18N2O3S2.C18H14Cl2N2O4S2/c26-23(24-19-13-11-18(12-14-19)17-7-3-1-4-8-17)22-21(15-16-29-22)25-30(27,28)20-9-5-2-6-10-20;1-26-12-3-5-13(6-4-12)28(24,25)22-16-8-9-27-17(16)18(23)21-11-2-7-14(19)15(20)10-11/h1-16,25H,(H,24,26);2-10,22H,1H3,(H,21,23). The van der Waals surface area contributed by atoms with E-state index in [1.165, 1.54) is 54.8 Å². The number of nitrogens with one attached hydrogen (secondary N) is 4. The lowest BCUT2D eigenvalue weighted by Gasteiger charge is -2.10. The van der Waals surface area contributed by atoms with Crippen LogP contribution in [-0.4, -0.2) is 35.8 Å². The molecule has 17 heteroatoms. The summed E-state index contributed by atoms with van der Waals surface area (Å²) in [7, 11) is -6.15. The number of carbonyl (C=O) groups is 2. The van der Waals surface area contributed by atoms with Crippen LogP contribution in [0.1, 0.15) is 19.3 Å². The number of anilines is 4. The van der Waals surface area contributed by atoms with Gasteiger partial charge in [-0.3, -0.25) is 19.0 Å². The molecule has 7 aromatic rings. The molecule has 296 valence electrons. The normalized spacial score (nSPS) is 11.1. The smallest absolute Gasteiger partial charge is 0.267 e. The second kappa shape index (κ2) is 18.7. The number of hydrogen-bond donors (Lipinski definition) is 4. The number of hydrogen-bond acceptors (Lipinski definition) is 9. The van der Waals surface area contributed by atoms with Gasteiger partial charge in [0.15, 0.2) is 0 Å². The Morgan fingerprint density at radius 3 is 1.52 bits per heavy atom. The third-order valence-corrected chi connectivity index (χ3v) is 13.4. The number of amides is 2. The minimum absolute atomic E-state index is 0.0512. The van der Waals surface area contributed by atoms with E-state index >= 15 is 0 Å². The van der Waals surface area contributed by atoms with Crippen molar-refractivity contribution in [2.24, 2.45) is 0 Å². The van der Waals surface area contributed by atoms with Crippen LogP contribution < -0.4 is 24.8 Å². The summed E-state index contributed by atoms with van der Waals surface area (Å²) in [5.41, 5.74) is 3.63. The number of carbonyl (C=O) groups excluding carboxylic acids is 2. The first-order valence-electron chi connectivity index (χ1n) is 17.0. The number of halogens is 2. The Morgan fingerprint density at radius 2 is 1.00 bits per heavy atom. The van der Waals surface area contributed by atoms with E-state index in [0.717, 1.165) is 22.5 Å². The van der Waals surface area contributed by atoms with Crippen molar-refractivity contribution in [1.82, 2.24) is 0 Å². The monoisotopic (exact) mass is 890 g/mol. The maximum Gasteiger partial charge on any atom is 0.267 e. The fourth-order valence-corrected chi connectivity index (χ4v) is 9.30. The summed E-state index contributed by atoms with van der Waals surface area (Å²) in [4.78, 5) is 26.0. The minimum atomic E-state index is -3.87. The second-order valence-corrected chi connectivity index (χ2v) is 18.0. The molecule has 0 radical (unpaired) electrons. The average molecular weight is 892 g/mol. The highest BCUT2D eigenvalue weighted by molar-refractivity contribution is 7.93. The molecular weight excluding hydrogens is 860 g/mol. The van der Waals surface area contributed by atoms with Crippen molar-refractivity contribution >= 4 is 100 Å². The molecule has 2 heterocycles. The Bertz CT molecular complexity index is 2750. The minimum Gasteiger partial charge on any atom is -0.497 e. The largest absolute Gasteiger partial charge is 0.497 e. The first-order valence-corrected chi connectivity index (χ1v) is 22.4. The van der Waals surface area contributed by atoms with E-state index in [4.69, 9.17) is 27.9 Å². The van der Waals surface area contributed by atoms with Crippen LogP contribution in [0.15, 0.2) is 160 Å². The molecule has 4 N–H and O–H groups in total. The molecule has 0 aliphatic heterocycles. The zero-order valence-corrected chi connectivity index (χ0v) is 35.0. The molecule has 0 saturated heterocycles. The lowest BCUT2D eigenvalue weighted by Crippen LogP contribution is -2.17. The van der Waals surface area contributed by atoms with Gasteiger partial charge < -0.3 is 15.4 Å². The van der Waals surface area contributed by atoms with Gasteiger partial charge in [0.1, 0.15) is 15.5 Å². The predicted octanol–water partition coefficient (Wildman–Crippen LogP) is 10.6. The predicted molar refractivity (Wildman–Crippen MR) is 234 cm³/mol. The van der Waals surface area contributed by atoms with Gasteiger partial charge in [-0.05, 0) is 101 Å². The van der Waals surface area contributed by atoms with E-state index in [-0.39, 0.29) is 32.0 Å². The van der Waals surface area contributed by atoms with Crippen LogP contribution in [0.2, 0.25) is 10.0 Å². The topological polar surface area (TPSA) is 160 Å². The summed E-state index contributed by atoms with van der Waals surface area (Å²) in [5, 5.41) is 9.46. The number of methoxy groups -OCH3 is 1. The van der Waals surface area contributed by atoms with Crippen molar-refractivity contribution in [2.45, 2.75) is 9.79 Å². The molecule has 5 aromatic carbocycles. The Kier molecular flexibility index (Phi) is 13.5. The van der Waals surface area contributed by atoms with E-state index in [0.29, 0.717) is 32.0 Å². The van der Waals surface area contributed by atoms with Crippen LogP contribution in [0.25, 0.3) is 11.1 Å². The third kappa shape index (κ3) is 10.6. The van der Waals surface area contributed by atoms with Crippen molar-refractivity contribution in [3.8, 4) is 16.9 Å². The van der Waals surface area contributed by atoms with Gasteiger partial charge in [-0.2, -0.15) is 0 Å². The van der Waals surface area contributed by atoms with E-state index in [1.54, 1.807) is 59.3 Å². The summed E-state index contributed by atoms with van der Waals surface area (Å²) in [6.07, 6.45) is 0. The average Bonchev–Trinajstić information content (AvgIpc) is 3.90. The maximum atomic E-state index is 12.7. The van der Waals surface area contributed by atoms with E-state index in [2.05, 4.69) is 20.1 Å². The Labute approximate surface area is 353 Å². The lowest BCUT2D eigenvalue weighted by molar-refractivity contribution is 0.102. The first-order chi connectivity index (χ1) is 27.8. The van der Waals surface area contributed by atoms with Gasteiger partial charge in [0.2, 0.25) is 0 Å². The molecule has 0 saturated carbocycles. The van der Waals surface area contributed by atoms with Crippen LogP contribution in [0.3, 0.4) is 0 Å². The lowest BCUT2D eigenvalue weighted by atomic mass is 10.1. The van der Waals surface area contributed by atoms with Crippen molar-refractivity contribution in [2.75, 3.05) is 27.2 Å². The van der Waals surface area contributed by atoms with Gasteiger partial charge in [-0.1, -0.05) is 83.9 Å². The van der Waals surface area contributed by atoms with Crippen molar-refractivity contribution in [3.05, 3.63) is 170 Å². The highest BCUT2D eigenvalue weighted by Gasteiger charge is 2.22. The zero-order chi connectivity index (χ0) is 41.3. The van der Waals surface area contributed by atoms with Gasteiger partial charge in [0, 0.05) is 11.4 Å². The number of benzene rings is 5. The van der Waals surface area contributed by atoms with E-state index in [9.17, 15) is 26.4 Å². The Balaban J connectivity index is 0.000000196. The van der Waals surface area contributed by atoms with Crippen LogP contribution in [-0.2, 0) is 20.0 Å². The van der Waals surface area contributed by atoms with Gasteiger partial charge in [0.05, 0.1) is 38.3 Å². The van der Waals surface area contributed by atoms with E-state index < -0.39 is 26.0 Å². The van der Waals surface area contributed by atoms with Crippen molar-refractivity contribution in [3.63, 3.8) is 0 Å². The summed E-state index contributed by atoms with van der Waals surface area (Å²) in [6, 6.07) is 39.2. The van der Waals surface area contributed by atoms with Crippen LogP contribution >= 0.6 is 45.9 Å². The third-order valence-electron chi connectivity index (χ3n) is 8.08. The molecule has 2 amide bonds. The SMILES string of the molecule is COc1ccc(S(=O)(=O)Nc2ccsc2C(=O)Nc2ccc(Cl)c(Cl)c2)cc1.O=C(Nc1ccc(-c2ccccc2)cc1)c1sccc1NS(=O)(=O)c1ccccc1. The van der Waals surface area contributed by atoms with Crippen LogP contribution in [0, 0.1) is 0 Å². The number of ether oxygens (including phenoxy) is 1. The van der Waals surface area contributed by atoms with Crippen molar-refractivity contribution < 1.29 is 31.2 Å². The summed E-state index contributed by atoms with van der Waals surface area (Å²) >= 11 is 14.1. The van der Waals surface area contributed by atoms with Gasteiger partial charge >= 0.3 is 0 Å². The molecule has 58 heavy (non-hydrogen) atoms. The summed E-state index contributed by atoms with van der Waals surface area (Å²) in [5.74, 6) is -0.305. The highest BCUT2D eigenvalue weighted by atomic mass is 35.5. The van der Waals surface area contributed by atoms with Gasteiger partial charge in [-0.25, -0.2) is 16.8 Å². The van der Waals surface area contributed by atoms with Gasteiger partial charge in [0.25, 0.3) is 31.9 Å².